The van der Waals surface area contributed by atoms with E-state index in [1.54, 1.807) is 0 Å². The van der Waals surface area contributed by atoms with E-state index in [0.29, 0.717) is 39.1 Å². The van der Waals surface area contributed by atoms with Crippen LogP contribution in [0.2, 0.25) is 0 Å². The third-order valence-electron chi connectivity index (χ3n) is 7.63. The highest BCUT2D eigenvalue weighted by atomic mass is 16.5. The second-order valence-corrected chi connectivity index (χ2v) is 10.2. The van der Waals surface area contributed by atoms with Gasteiger partial charge >= 0.3 is 5.97 Å². The maximum atomic E-state index is 11.3. The molecule has 4 atom stereocenters. The van der Waals surface area contributed by atoms with Crippen molar-refractivity contribution < 1.29 is 24.1 Å². The van der Waals surface area contributed by atoms with E-state index in [1.807, 2.05) is 0 Å². The fraction of sp³-hybridized carbons (Fsp3) is 0.516. The van der Waals surface area contributed by atoms with Gasteiger partial charge in [0.15, 0.2) is 0 Å². The Kier molecular flexibility index (Phi) is 10.3. The number of aliphatic hydroxyl groups is 1. The lowest BCUT2D eigenvalue weighted by atomic mass is 9.93. The summed E-state index contributed by atoms with van der Waals surface area (Å²) in [6.07, 6.45) is 7.37. The molecule has 1 aliphatic heterocycles. The number of hydrogen-bond donors (Lipinski definition) is 1. The first kappa shape index (κ1) is 27.5. The molecule has 1 saturated carbocycles. The molecule has 6 heteroatoms. The molecule has 2 aromatic rings. The molecule has 1 heterocycles. The molecule has 4 rings (SSSR count). The molecule has 4 unspecified atom stereocenters. The Morgan fingerprint density at radius 1 is 1.03 bits per heavy atom. The number of allylic oxidation sites excluding steroid dienone is 2. The molecule has 0 bridgehead atoms. The summed E-state index contributed by atoms with van der Waals surface area (Å²) in [5, 5.41) is 11.1. The van der Waals surface area contributed by atoms with Crippen molar-refractivity contribution in [3.63, 3.8) is 0 Å². The van der Waals surface area contributed by atoms with Crippen LogP contribution in [0, 0.1) is 12.8 Å². The Morgan fingerprint density at radius 3 is 2.35 bits per heavy atom. The Bertz CT molecular complexity index is 997. The van der Waals surface area contributed by atoms with Crippen molar-refractivity contribution in [2.24, 2.45) is 5.92 Å². The van der Waals surface area contributed by atoms with Crippen molar-refractivity contribution in [2.75, 3.05) is 33.4 Å². The first-order valence-electron chi connectivity index (χ1n) is 13.5. The van der Waals surface area contributed by atoms with Gasteiger partial charge in [-0.3, -0.25) is 9.69 Å². The lowest BCUT2D eigenvalue weighted by Gasteiger charge is -2.38. The first-order chi connectivity index (χ1) is 18.0. The molecule has 0 aromatic heterocycles. The van der Waals surface area contributed by atoms with Crippen LogP contribution in [0.25, 0.3) is 11.1 Å². The van der Waals surface area contributed by atoms with E-state index in [0.717, 1.165) is 31.5 Å². The average Bonchev–Trinajstić information content (AvgIpc) is 3.25. The number of benzene rings is 2. The molecule has 6 nitrogen and oxygen atoms in total. The van der Waals surface area contributed by atoms with Gasteiger partial charge in [0, 0.05) is 37.9 Å². The molecule has 0 spiro atoms. The summed E-state index contributed by atoms with van der Waals surface area (Å²) in [7, 11) is 1.42. The zero-order valence-electron chi connectivity index (χ0n) is 22.2. The molecule has 2 fully saturated rings. The minimum Gasteiger partial charge on any atom is -0.469 e. The Morgan fingerprint density at radius 2 is 1.68 bits per heavy atom. The third kappa shape index (κ3) is 7.74. The van der Waals surface area contributed by atoms with Crippen LogP contribution < -0.4 is 0 Å². The first-order valence-corrected chi connectivity index (χ1v) is 13.5. The summed E-state index contributed by atoms with van der Waals surface area (Å²) in [4.78, 5) is 13.7. The van der Waals surface area contributed by atoms with Crippen molar-refractivity contribution in [1.82, 2.24) is 4.90 Å². The topological polar surface area (TPSA) is 68.2 Å². The van der Waals surface area contributed by atoms with Gasteiger partial charge < -0.3 is 19.3 Å². The van der Waals surface area contributed by atoms with Crippen molar-refractivity contribution >= 4 is 5.97 Å². The number of hydrogen-bond acceptors (Lipinski definition) is 6. The summed E-state index contributed by atoms with van der Waals surface area (Å²) in [5.74, 6) is 0.0569. The van der Waals surface area contributed by atoms with Gasteiger partial charge in [0.2, 0.25) is 0 Å². The molecule has 2 aliphatic rings. The van der Waals surface area contributed by atoms with Crippen molar-refractivity contribution in [3.8, 4) is 11.1 Å². The summed E-state index contributed by atoms with van der Waals surface area (Å²) in [6.45, 7) is 5.75. The van der Waals surface area contributed by atoms with Crippen LogP contribution in [0.1, 0.15) is 43.2 Å². The Hall–Kier alpha value is -2.51. The Balaban J connectivity index is 1.36. The number of carbonyl (C=O) groups is 1. The minimum atomic E-state index is -0.402. The maximum Gasteiger partial charge on any atom is 0.305 e. The standard InChI is InChI=1S/C31H41NO5/c1-23-9-13-25(14-10-23)26-15-11-24(12-16-26)22-37-29-21-28(33)31(32-17-19-36-20-18-32)27(29)7-5-3-4-6-8-30(34)35-2/h3-4,9-16,27-29,31,33H,5-8,17-22H2,1-2H3. The molecule has 0 radical (unpaired) electrons. The minimum absolute atomic E-state index is 0.00286. The Labute approximate surface area is 221 Å². The highest BCUT2D eigenvalue weighted by Crippen LogP contribution is 2.37. The zero-order chi connectivity index (χ0) is 26.0. The van der Waals surface area contributed by atoms with Gasteiger partial charge in [-0.1, -0.05) is 66.2 Å². The van der Waals surface area contributed by atoms with Gasteiger partial charge in [0.1, 0.15) is 0 Å². The van der Waals surface area contributed by atoms with Gasteiger partial charge in [-0.05, 0) is 42.9 Å². The number of rotatable bonds is 11. The van der Waals surface area contributed by atoms with Gasteiger partial charge in [-0.15, -0.1) is 0 Å². The summed E-state index contributed by atoms with van der Waals surface area (Å²) >= 11 is 0. The summed E-state index contributed by atoms with van der Waals surface area (Å²) in [5.41, 5.74) is 4.81. The largest absolute Gasteiger partial charge is 0.469 e. The number of aliphatic hydroxyl groups excluding tert-OH is 1. The predicted molar refractivity (Wildman–Crippen MR) is 145 cm³/mol. The van der Waals surface area contributed by atoms with Crippen LogP contribution in [0.3, 0.4) is 0 Å². The molecule has 1 aliphatic carbocycles. The number of methoxy groups -OCH3 is 1. The highest BCUT2D eigenvalue weighted by molar-refractivity contribution is 5.69. The van der Waals surface area contributed by atoms with E-state index >= 15 is 0 Å². The van der Waals surface area contributed by atoms with E-state index in [1.165, 1.54) is 23.8 Å². The van der Waals surface area contributed by atoms with Gasteiger partial charge in [0.05, 0.1) is 39.1 Å². The number of aryl methyl sites for hydroxylation is 1. The van der Waals surface area contributed by atoms with Crippen LogP contribution >= 0.6 is 0 Å². The number of ether oxygens (including phenoxy) is 3. The van der Waals surface area contributed by atoms with Gasteiger partial charge in [0.25, 0.3) is 0 Å². The summed E-state index contributed by atoms with van der Waals surface area (Å²) < 4.78 is 16.7. The predicted octanol–water partition coefficient (Wildman–Crippen LogP) is 4.92. The van der Waals surface area contributed by atoms with Crippen LogP contribution in [-0.2, 0) is 25.6 Å². The van der Waals surface area contributed by atoms with Crippen LogP contribution in [-0.4, -0.2) is 67.6 Å². The smallest absolute Gasteiger partial charge is 0.305 e. The second kappa shape index (κ2) is 13.9. The summed E-state index contributed by atoms with van der Waals surface area (Å²) in [6, 6.07) is 17.2. The van der Waals surface area contributed by atoms with E-state index in [-0.39, 0.29) is 24.0 Å². The van der Waals surface area contributed by atoms with E-state index in [9.17, 15) is 9.90 Å². The van der Waals surface area contributed by atoms with E-state index in [2.05, 4.69) is 72.5 Å². The molecule has 1 N–H and O–H groups in total. The molecule has 37 heavy (non-hydrogen) atoms. The molecule has 1 saturated heterocycles. The highest BCUT2D eigenvalue weighted by Gasteiger charge is 2.45. The zero-order valence-corrected chi connectivity index (χ0v) is 22.2. The lowest BCUT2D eigenvalue weighted by molar-refractivity contribution is -0.140. The molecule has 200 valence electrons. The monoisotopic (exact) mass is 507 g/mol. The van der Waals surface area contributed by atoms with E-state index in [4.69, 9.17) is 14.2 Å². The average molecular weight is 508 g/mol. The quantitative estimate of drug-likeness (QED) is 0.344. The number of carbonyl (C=O) groups excluding carboxylic acids is 1. The third-order valence-corrected chi connectivity index (χ3v) is 7.63. The number of morpholine rings is 1. The lowest BCUT2D eigenvalue weighted by Crippen LogP contribution is -2.50. The molecule has 0 amide bonds. The fourth-order valence-electron chi connectivity index (χ4n) is 5.57. The van der Waals surface area contributed by atoms with E-state index < -0.39 is 6.10 Å². The normalized spacial score (nSPS) is 24.5. The van der Waals surface area contributed by atoms with Crippen LogP contribution in [0.5, 0.6) is 0 Å². The maximum absolute atomic E-state index is 11.3. The SMILES string of the molecule is COC(=O)CCC=CCCC1C(OCc2ccc(-c3ccc(C)cc3)cc2)CC(O)C1N1CCOCC1. The number of nitrogens with zero attached hydrogens (tertiary/aromatic N) is 1. The van der Waals surface area contributed by atoms with Crippen LogP contribution in [0.4, 0.5) is 0 Å². The van der Waals surface area contributed by atoms with Crippen LogP contribution in [0.15, 0.2) is 60.7 Å². The fourth-order valence-corrected chi connectivity index (χ4v) is 5.57. The van der Waals surface area contributed by atoms with Gasteiger partial charge in [-0.2, -0.15) is 0 Å². The van der Waals surface area contributed by atoms with Crippen molar-refractivity contribution in [2.45, 2.75) is 63.9 Å². The van der Waals surface area contributed by atoms with Crippen molar-refractivity contribution in [1.29, 1.82) is 0 Å². The molecular weight excluding hydrogens is 466 g/mol. The second-order valence-electron chi connectivity index (χ2n) is 10.2. The van der Waals surface area contributed by atoms with Crippen molar-refractivity contribution in [3.05, 3.63) is 71.8 Å². The van der Waals surface area contributed by atoms with Gasteiger partial charge in [-0.25, -0.2) is 0 Å². The molecule has 2 aromatic carbocycles. The molecular formula is C31H41NO5. The number of esters is 1.